The Kier molecular flexibility index (Phi) is 5.40. The van der Waals surface area contributed by atoms with Gasteiger partial charge in [-0.3, -0.25) is 0 Å². The summed E-state index contributed by atoms with van der Waals surface area (Å²) in [5, 5.41) is 0. The average molecular weight is 245 g/mol. The van der Waals surface area contributed by atoms with Crippen LogP contribution in [0.2, 0.25) is 0 Å². The molecule has 15 heavy (non-hydrogen) atoms. The Morgan fingerprint density at radius 1 is 1.13 bits per heavy atom. The number of hydrogen-bond acceptors (Lipinski definition) is 1. The van der Waals surface area contributed by atoms with Crippen molar-refractivity contribution < 1.29 is 0 Å². The van der Waals surface area contributed by atoms with E-state index in [0.29, 0.717) is 0 Å². The number of rotatable bonds is 1. The summed E-state index contributed by atoms with van der Waals surface area (Å²) in [6, 6.07) is 6.37. The summed E-state index contributed by atoms with van der Waals surface area (Å²) in [6.07, 6.45) is 3.61. The number of imidazole rings is 1. The molecule has 0 aliphatic heterocycles. The van der Waals surface area contributed by atoms with Crippen molar-refractivity contribution in [2.75, 3.05) is 0 Å². The highest BCUT2D eigenvalue weighted by molar-refractivity contribution is 5.85. The van der Waals surface area contributed by atoms with Gasteiger partial charge in [-0.25, -0.2) is 4.98 Å². The van der Waals surface area contributed by atoms with Crippen molar-refractivity contribution in [3.8, 4) is 11.4 Å². The first-order valence-electron chi connectivity index (χ1n) is 4.34. The number of halogens is 2. The SMILES string of the molecule is Cc1ccc(-c2ncc[nH]2)c(C)c1.Cl.Cl. The van der Waals surface area contributed by atoms with Crippen LogP contribution in [-0.4, -0.2) is 9.97 Å². The molecule has 0 bridgehead atoms. The normalized spacial score (nSPS) is 8.93. The van der Waals surface area contributed by atoms with Gasteiger partial charge in [0.2, 0.25) is 0 Å². The maximum absolute atomic E-state index is 4.22. The lowest BCUT2D eigenvalue weighted by Crippen LogP contribution is -1.85. The monoisotopic (exact) mass is 244 g/mol. The Hall–Kier alpha value is -0.990. The molecule has 0 amide bonds. The van der Waals surface area contributed by atoms with Gasteiger partial charge >= 0.3 is 0 Å². The summed E-state index contributed by atoms with van der Waals surface area (Å²) in [4.78, 5) is 7.32. The molecular weight excluding hydrogens is 231 g/mol. The molecule has 0 radical (unpaired) electrons. The van der Waals surface area contributed by atoms with E-state index >= 15 is 0 Å². The summed E-state index contributed by atoms with van der Waals surface area (Å²) in [7, 11) is 0. The molecule has 0 aliphatic rings. The van der Waals surface area contributed by atoms with E-state index in [4.69, 9.17) is 0 Å². The predicted molar refractivity (Wildman–Crippen MR) is 68.0 cm³/mol. The maximum Gasteiger partial charge on any atom is 0.137 e. The molecule has 1 N–H and O–H groups in total. The largest absolute Gasteiger partial charge is 0.345 e. The van der Waals surface area contributed by atoms with Gasteiger partial charge in [-0.15, -0.1) is 24.8 Å². The third-order valence-corrected chi connectivity index (χ3v) is 2.14. The van der Waals surface area contributed by atoms with Crippen molar-refractivity contribution in [3.63, 3.8) is 0 Å². The smallest absolute Gasteiger partial charge is 0.137 e. The molecule has 1 aromatic heterocycles. The van der Waals surface area contributed by atoms with Gasteiger partial charge in [0, 0.05) is 18.0 Å². The Bertz CT molecular complexity index is 411. The lowest BCUT2D eigenvalue weighted by molar-refractivity contribution is 1.27. The fourth-order valence-electron chi connectivity index (χ4n) is 1.49. The third-order valence-electron chi connectivity index (χ3n) is 2.14. The van der Waals surface area contributed by atoms with Crippen LogP contribution in [-0.2, 0) is 0 Å². The molecule has 0 saturated heterocycles. The zero-order valence-corrected chi connectivity index (χ0v) is 10.3. The molecule has 0 saturated carbocycles. The van der Waals surface area contributed by atoms with E-state index in [-0.39, 0.29) is 24.8 Å². The Morgan fingerprint density at radius 2 is 1.87 bits per heavy atom. The molecule has 4 heteroatoms. The van der Waals surface area contributed by atoms with Crippen LogP contribution < -0.4 is 0 Å². The van der Waals surface area contributed by atoms with Gasteiger partial charge in [0.1, 0.15) is 5.82 Å². The fourth-order valence-corrected chi connectivity index (χ4v) is 1.49. The lowest BCUT2D eigenvalue weighted by atomic mass is 10.1. The van der Waals surface area contributed by atoms with Gasteiger partial charge in [-0.1, -0.05) is 23.8 Å². The summed E-state index contributed by atoms with van der Waals surface area (Å²) in [5.74, 6) is 0.942. The van der Waals surface area contributed by atoms with E-state index in [2.05, 4.69) is 42.0 Å². The zero-order valence-electron chi connectivity index (χ0n) is 8.65. The minimum absolute atomic E-state index is 0. The summed E-state index contributed by atoms with van der Waals surface area (Å²) >= 11 is 0. The molecule has 2 nitrogen and oxygen atoms in total. The lowest BCUT2D eigenvalue weighted by Gasteiger charge is -2.02. The summed E-state index contributed by atoms with van der Waals surface area (Å²) in [5.41, 5.74) is 3.72. The predicted octanol–water partition coefficient (Wildman–Crippen LogP) is 3.54. The van der Waals surface area contributed by atoms with E-state index < -0.39 is 0 Å². The number of nitrogens with zero attached hydrogens (tertiary/aromatic N) is 1. The van der Waals surface area contributed by atoms with Crippen LogP contribution in [0.5, 0.6) is 0 Å². The highest BCUT2D eigenvalue weighted by atomic mass is 35.5. The first-order chi connectivity index (χ1) is 6.27. The molecule has 1 heterocycles. The molecule has 1 aromatic carbocycles. The van der Waals surface area contributed by atoms with E-state index in [0.717, 1.165) is 5.82 Å². The van der Waals surface area contributed by atoms with Gasteiger partial charge in [0.15, 0.2) is 0 Å². The molecule has 82 valence electrons. The van der Waals surface area contributed by atoms with Crippen LogP contribution >= 0.6 is 24.8 Å². The first kappa shape index (κ1) is 14.0. The minimum atomic E-state index is 0. The van der Waals surface area contributed by atoms with Crippen LogP contribution in [0.4, 0.5) is 0 Å². The Balaban J connectivity index is 0.000000980. The summed E-state index contributed by atoms with van der Waals surface area (Å²) in [6.45, 7) is 4.20. The molecule has 0 fully saturated rings. The van der Waals surface area contributed by atoms with Crippen LogP contribution in [0.25, 0.3) is 11.4 Å². The van der Waals surface area contributed by atoms with Crippen molar-refractivity contribution >= 4 is 24.8 Å². The maximum atomic E-state index is 4.22. The molecule has 0 unspecified atom stereocenters. The van der Waals surface area contributed by atoms with Gasteiger partial charge < -0.3 is 4.98 Å². The molecule has 2 rings (SSSR count). The van der Waals surface area contributed by atoms with E-state index in [1.54, 1.807) is 6.20 Å². The van der Waals surface area contributed by atoms with Gasteiger partial charge in [0.25, 0.3) is 0 Å². The second kappa shape index (κ2) is 5.79. The van der Waals surface area contributed by atoms with Crippen molar-refractivity contribution in [1.82, 2.24) is 9.97 Å². The minimum Gasteiger partial charge on any atom is -0.345 e. The zero-order chi connectivity index (χ0) is 9.26. The number of H-pyrrole nitrogens is 1. The number of benzene rings is 1. The second-order valence-corrected chi connectivity index (χ2v) is 3.26. The van der Waals surface area contributed by atoms with Crippen molar-refractivity contribution in [3.05, 3.63) is 41.7 Å². The summed E-state index contributed by atoms with van der Waals surface area (Å²) < 4.78 is 0. The van der Waals surface area contributed by atoms with Crippen molar-refractivity contribution in [2.45, 2.75) is 13.8 Å². The quantitative estimate of drug-likeness (QED) is 0.817. The topological polar surface area (TPSA) is 28.7 Å². The number of aromatic nitrogens is 2. The molecule has 0 spiro atoms. The fraction of sp³-hybridized carbons (Fsp3) is 0.182. The molecule has 0 atom stereocenters. The standard InChI is InChI=1S/C11H12N2.2ClH/c1-8-3-4-10(9(2)7-8)11-12-5-6-13-11;;/h3-7H,1-2H3,(H,12,13);2*1H. The van der Waals surface area contributed by atoms with E-state index in [1.807, 2.05) is 6.20 Å². The second-order valence-electron chi connectivity index (χ2n) is 3.26. The van der Waals surface area contributed by atoms with Gasteiger partial charge in [0.05, 0.1) is 0 Å². The number of nitrogens with one attached hydrogen (secondary N) is 1. The Morgan fingerprint density at radius 3 is 2.40 bits per heavy atom. The third kappa shape index (κ3) is 2.98. The highest BCUT2D eigenvalue weighted by Crippen LogP contribution is 2.19. The van der Waals surface area contributed by atoms with E-state index in [9.17, 15) is 0 Å². The highest BCUT2D eigenvalue weighted by Gasteiger charge is 2.02. The van der Waals surface area contributed by atoms with Crippen LogP contribution in [0, 0.1) is 13.8 Å². The molecule has 2 aromatic rings. The van der Waals surface area contributed by atoms with Crippen molar-refractivity contribution in [2.24, 2.45) is 0 Å². The molecule has 0 aliphatic carbocycles. The Labute approximate surface area is 102 Å². The number of hydrogen-bond donors (Lipinski definition) is 1. The van der Waals surface area contributed by atoms with Crippen LogP contribution in [0.1, 0.15) is 11.1 Å². The van der Waals surface area contributed by atoms with Gasteiger partial charge in [-0.2, -0.15) is 0 Å². The van der Waals surface area contributed by atoms with Crippen molar-refractivity contribution in [1.29, 1.82) is 0 Å². The number of aryl methyl sites for hydroxylation is 2. The molecular formula is C11H14Cl2N2. The van der Waals surface area contributed by atoms with Gasteiger partial charge in [-0.05, 0) is 19.4 Å². The number of aromatic amines is 1. The van der Waals surface area contributed by atoms with Crippen LogP contribution in [0.15, 0.2) is 30.6 Å². The van der Waals surface area contributed by atoms with E-state index in [1.165, 1.54) is 16.7 Å². The average Bonchev–Trinajstić information content (AvgIpc) is 2.56. The first-order valence-corrected chi connectivity index (χ1v) is 4.34. The van der Waals surface area contributed by atoms with Crippen LogP contribution in [0.3, 0.4) is 0 Å².